The van der Waals surface area contributed by atoms with Crippen LogP contribution in [0.2, 0.25) is 5.02 Å². The minimum atomic E-state index is -2.92. The lowest BCUT2D eigenvalue weighted by molar-refractivity contribution is -0.0509. The van der Waals surface area contributed by atoms with E-state index in [1.807, 2.05) is 84.7 Å². The van der Waals surface area contributed by atoms with Crippen LogP contribution in [-0.2, 0) is 0 Å². The van der Waals surface area contributed by atoms with Gasteiger partial charge in [0.25, 0.3) is 0 Å². The third-order valence-electron chi connectivity index (χ3n) is 5.43. The molecule has 0 aromatic heterocycles. The fourth-order valence-electron chi connectivity index (χ4n) is 3.58. The number of nitrogens with two attached hydrogens (primary N) is 1. The summed E-state index contributed by atoms with van der Waals surface area (Å²) in [5.74, 6) is 0.979. The summed E-state index contributed by atoms with van der Waals surface area (Å²) < 4.78 is 30.5. The lowest BCUT2D eigenvalue weighted by atomic mass is 9.96. The van der Waals surface area contributed by atoms with Crippen LogP contribution in [0.15, 0.2) is 53.8 Å². The van der Waals surface area contributed by atoms with Crippen molar-refractivity contribution in [2.45, 2.75) is 120 Å². The summed E-state index contributed by atoms with van der Waals surface area (Å²) in [5, 5.41) is 0.344. The maximum atomic E-state index is 12.9. The first-order chi connectivity index (χ1) is 18.5. The van der Waals surface area contributed by atoms with E-state index in [2.05, 4.69) is 20.8 Å². The van der Waals surface area contributed by atoms with Gasteiger partial charge in [-0.05, 0) is 45.4 Å². The average molecular weight is 573 g/mol. The molecule has 0 radical (unpaired) electrons. The predicted octanol–water partition coefficient (Wildman–Crippen LogP) is 11.4. The molecule has 228 valence electrons. The maximum Gasteiger partial charge on any atom is 0.387 e. The van der Waals surface area contributed by atoms with Crippen molar-refractivity contribution in [1.82, 2.24) is 4.90 Å². The van der Waals surface area contributed by atoms with E-state index in [1.165, 1.54) is 38.2 Å². The monoisotopic (exact) mass is 572 g/mol. The molecule has 1 unspecified atom stereocenters. The fraction of sp³-hybridized carbons (Fsp3) is 0.636. The molecule has 0 spiro atoms. The molecule has 1 aromatic carbocycles. The number of likely N-dealkylation sites (N-methyl/N-ethyl adjacent to an activating group) is 1. The van der Waals surface area contributed by atoms with Crippen LogP contribution in [0.3, 0.4) is 0 Å². The highest BCUT2D eigenvalue weighted by Crippen LogP contribution is 2.36. The molecule has 3 nitrogen and oxygen atoms in total. The van der Waals surface area contributed by atoms with Gasteiger partial charge in [0.1, 0.15) is 5.75 Å². The second kappa shape index (κ2) is 27.7. The van der Waals surface area contributed by atoms with Gasteiger partial charge in [0.05, 0.1) is 6.04 Å². The molecule has 0 bridgehead atoms. The zero-order chi connectivity index (χ0) is 30.8. The van der Waals surface area contributed by atoms with Gasteiger partial charge < -0.3 is 10.5 Å². The minimum absolute atomic E-state index is 0.0741. The van der Waals surface area contributed by atoms with E-state index < -0.39 is 6.61 Å². The normalized spacial score (nSPS) is 12.4. The lowest BCUT2D eigenvalue weighted by Crippen LogP contribution is -2.27. The Balaban J connectivity index is -0.000000835. The van der Waals surface area contributed by atoms with Crippen LogP contribution in [0.5, 0.6) is 5.75 Å². The average Bonchev–Trinajstić information content (AvgIpc) is 2.89. The predicted molar refractivity (Wildman–Crippen MR) is 171 cm³/mol. The van der Waals surface area contributed by atoms with E-state index in [1.54, 1.807) is 12.1 Å². The van der Waals surface area contributed by atoms with E-state index in [9.17, 15) is 8.78 Å². The van der Waals surface area contributed by atoms with Crippen LogP contribution in [0, 0.1) is 5.92 Å². The van der Waals surface area contributed by atoms with E-state index in [0.717, 1.165) is 17.9 Å². The summed E-state index contributed by atoms with van der Waals surface area (Å²) in [4.78, 5) is 2.02. The largest absolute Gasteiger partial charge is 0.434 e. The number of halogens is 3. The highest BCUT2D eigenvalue weighted by molar-refractivity contribution is 6.30. The topological polar surface area (TPSA) is 38.5 Å². The third kappa shape index (κ3) is 22.6. The zero-order valence-electron chi connectivity index (χ0n) is 26.8. The molecule has 0 aliphatic heterocycles. The Morgan fingerprint density at radius 3 is 2.15 bits per heavy atom. The molecule has 39 heavy (non-hydrogen) atoms. The Kier molecular flexibility index (Phi) is 29.6. The standard InChI is InChI=1S/C20H27ClF2N2O.C9H20.2C2H6/c1-5-6-7-8-14(2)19(25(4)12-11-15(3)24)17-10-9-16(21)13-18(17)26-20(22)23;1-4-5-6-7-8-9(2)3;2*1-2/h6-11,13,19-20H,5,12,24H2,1-4H3;9H,4-8H2,1-3H3;2*1-2H3/b7-6-,14-8+,15-11+;;;. The maximum absolute atomic E-state index is 12.9. The zero-order valence-corrected chi connectivity index (χ0v) is 27.5. The van der Waals surface area contributed by atoms with E-state index in [4.69, 9.17) is 22.1 Å². The van der Waals surface area contributed by atoms with Crippen LogP contribution < -0.4 is 10.5 Å². The smallest absolute Gasteiger partial charge is 0.387 e. The van der Waals surface area contributed by atoms with Crippen LogP contribution in [0.4, 0.5) is 8.78 Å². The Morgan fingerprint density at radius 1 is 1.05 bits per heavy atom. The number of hydrogen-bond donors (Lipinski definition) is 1. The first-order valence-corrected chi connectivity index (χ1v) is 15.1. The van der Waals surface area contributed by atoms with E-state index in [-0.39, 0.29) is 11.8 Å². The van der Waals surface area contributed by atoms with Gasteiger partial charge in [-0.15, -0.1) is 0 Å². The molecule has 0 amide bonds. The number of allylic oxidation sites excluding steroid dienone is 4. The number of nitrogens with zero attached hydrogens (tertiary/aromatic N) is 1. The Hall–Kier alpha value is -1.85. The second-order valence-corrected chi connectivity index (χ2v) is 9.78. The van der Waals surface area contributed by atoms with Gasteiger partial charge in [-0.3, -0.25) is 4.90 Å². The Morgan fingerprint density at radius 2 is 1.67 bits per heavy atom. The van der Waals surface area contributed by atoms with Crippen molar-refractivity contribution < 1.29 is 13.5 Å². The molecule has 6 heteroatoms. The van der Waals surface area contributed by atoms with Crippen molar-refractivity contribution in [1.29, 1.82) is 0 Å². The van der Waals surface area contributed by atoms with Gasteiger partial charge >= 0.3 is 6.61 Å². The van der Waals surface area contributed by atoms with E-state index >= 15 is 0 Å². The first-order valence-electron chi connectivity index (χ1n) is 14.7. The van der Waals surface area contributed by atoms with Gasteiger partial charge in [-0.2, -0.15) is 8.78 Å². The summed E-state index contributed by atoms with van der Waals surface area (Å²) in [6, 6.07) is 4.55. The highest BCUT2D eigenvalue weighted by Gasteiger charge is 2.23. The van der Waals surface area contributed by atoms with Gasteiger partial charge in [0, 0.05) is 22.8 Å². The number of alkyl halides is 2. The van der Waals surface area contributed by atoms with Crippen LogP contribution in [0.25, 0.3) is 0 Å². The van der Waals surface area contributed by atoms with Crippen LogP contribution in [0.1, 0.15) is 119 Å². The van der Waals surface area contributed by atoms with Crippen molar-refractivity contribution in [3.63, 3.8) is 0 Å². The first kappa shape index (κ1) is 41.6. The molecule has 1 rings (SSSR count). The third-order valence-corrected chi connectivity index (χ3v) is 5.66. The van der Waals surface area contributed by atoms with Gasteiger partial charge in [0.2, 0.25) is 0 Å². The fourth-order valence-corrected chi connectivity index (χ4v) is 3.74. The van der Waals surface area contributed by atoms with Crippen molar-refractivity contribution in [2.24, 2.45) is 11.7 Å². The van der Waals surface area contributed by atoms with Crippen molar-refractivity contribution >= 4 is 11.6 Å². The van der Waals surface area contributed by atoms with Crippen LogP contribution in [-0.4, -0.2) is 25.1 Å². The number of rotatable bonds is 14. The number of benzene rings is 1. The molecule has 0 fully saturated rings. The molecular formula is C33H59ClF2N2O. The van der Waals surface area contributed by atoms with Crippen LogP contribution >= 0.6 is 11.6 Å². The highest BCUT2D eigenvalue weighted by atomic mass is 35.5. The molecule has 0 saturated carbocycles. The number of unbranched alkanes of at least 4 members (excludes halogenated alkanes) is 3. The summed E-state index contributed by atoms with van der Waals surface area (Å²) >= 11 is 5.98. The quantitative estimate of drug-likeness (QED) is 0.178. The van der Waals surface area contributed by atoms with E-state index in [0.29, 0.717) is 22.8 Å². The van der Waals surface area contributed by atoms with Gasteiger partial charge in [-0.1, -0.05) is 135 Å². The van der Waals surface area contributed by atoms with Crippen molar-refractivity contribution in [3.8, 4) is 5.75 Å². The summed E-state index contributed by atoms with van der Waals surface area (Å²) in [6.07, 6.45) is 15.8. The molecule has 0 saturated heterocycles. The second-order valence-electron chi connectivity index (χ2n) is 9.34. The molecular weight excluding hydrogens is 514 g/mol. The number of ether oxygens (including phenoxy) is 1. The molecule has 2 N–H and O–H groups in total. The molecule has 1 aromatic rings. The van der Waals surface area contributed by atoms with Crippen molar-refractivity contribution in [2.75, 3.05) is 13.6 Å². The van der Waals surface area contributed by atoms with Gasteiger partial charge in [-0.25, -0.2) is 0 Å². The SMILES string of the molecule is CC.CC.CC/C=C\C=C(/C)C(c1ccc(Cl)cc1OC(F)F)N(C)C/C=C(\C)N.CCCCCCC(C)C. The van der Waals surface area contributed by atoms with Gasteiger partial charge in [0.15, 0.2) is 0 Å². The summed E-state index contributed by atoms with van der Waals surface area (Å²) in [6.45, 7) is 18.3. The summed E-state index contributed by atoms with van der Waals surface area (Å²) in [5.41, 5.74) is 8.05. The Labute approximate surface area is 245 Å². The summed E-state index contributed by atoms with van der Waals surface area (Å²) in [7, 11) is 1.91. The minimum Gasteiger partial charge on any atom is -0.434 e. The molecule has 0 aliphatic rings. The Bertz CT molecular complexity index is 788. The van der Waals surface area contributed by atoms with Crippen molar-refractivity contribution in [3.05, 3.63) is 64.4 Å². The molecule has 1 atom stereocenters. The molecule has 0 aliphatic carbocycles. The lowest BCUT2D eigenvalue weighted by Gasteiger charge is -2.30. The molecule has 0 heterocycles. The number of hydrogen-bond acceptors (Lipinski definition) is 3.